The summed E-state index contributed by atoms with van der Waals surface area (Å²) in [6.45, 7) is 1.88. The van der Waals surface area contributed by atoms with E-state index in [4.69, 9.17) is 5.73 Å². The summed E-state index contributed by atoms with van der Waals surface area (Å²) in [6, 6.07) is 21.6. The van der Waals surface area contributed by atoms with E-state index >= 15 is 0 Å². The number of nitrogens with two attached hydrogens (primary N) is 1. The van der Waals surface area contributed by atoms with Gasteiger partial charge < -0.3 is 16.0 Å². The molecule has 5 aromatic rings. The number of H-pyrrole nitrogens is 1. The Morgan fingerprint density at radius 3 is 2.61 bits per heavy atom. The third-order valence-electron chi connectivity index (χ3n) is 5.91. The lowest BCUT2D eigenvalue weighted by molar-refractivity contribution is 0.772. The van der Waals surface area contributed by atoms with Crippen LogP contribution in [0.25, 0.3) is 27.6 Å². The zero-order chi connectivity index (χ0) is 25.2. The maximum atomic E-state index is 14.1. The van der Waals surface area contributed by atoms with Gasteiger partial charge in [-0.15, -0.1) is 0 Å². The predicted octanol–water partition coefficient (Wildman–Crippen LogP) is 3.76. The average molecular weight is 476 g/mol. The van der Waals surface area contributed by atoms with E-state index in [1.165, 1.54) is 12.3 Å². The van der Waals surface area contributed by atoms with Crippen molar-refractivity contribution < 1.29 is 0 Å². The number of benzene rings is 2. The summed E-state index contributed by atoms with van der Waals surface area (Å²) in [6.07, 6.45) is 2.96. The maximum absolute atomic E-state index is 14.1. The lowest BCUT2D eigenvalue weighted by Gasteiger charge is -2.22. The van der Waals surface area contributed by atoms with Gasteiger partial charge in [0.25, 0.3) is 5.56 Å². The maximum Gasteiger partial charge on any atom is 0.263 e. The molecule has 176 valence electrons. The molecule has 1 atom stereocenters. The molecule has 0 unspecified atom stereocenters. The summed E-state index contributed by atoms with van der Waals surface area (Å²) < 4.78 is 1.64. The van der Waals surface area contributed by atoms with Crippen molar-refractivity contribution in [2.75, 3.05) is 11.1 Å². The fourth-order valence-electron chi connectivity index (χ4n) is 4.23. The van der Waals surface area contributed by atoms with Crippen LogP contribution in [0.1, 0.15) is 24.2 Å². The molecule has 9 nitrogen and oxygen atoms in total. The standard InChI is InChI=1S/C27H21N7O2/c1-16(32-25-19(13-28)15-31-27(29)33-25)22-12-17-6-5-9-21(18-10-11-23(35)30-14-18)24(17)26(36)34(22)20-7-3-2-4-8-20/h2-12,14-16H,1H3,(H,30,35)(H3,29,31,32,33)/t16-/m0/s1. The monoisotopic (exact) mass is 475 g/mol. The first-order chi connectivity index (χ1) is 17.5. The van der Waals surface area contributed by atoms with Crippen molar-refractivity contribution >= 4 is 22.5 Å². The largest absolute Gasteiger partial charge is 0.368 e. The van der Waals surface area contributed by atoms with Gasteiger partial charge in [-0.3, -0.25) is 14.2 Å². The van der Waals surface area contributed by atoms with Crippen molar-refractivity contribution in [2.24, 2.45) is 0 Å². The highest BCUT2D eigenvalue weighted by Gasteiger charge is 2.20. The first-order valence-electron chi connectivity index (χ1n) is 11.2. The van der Waals surface area contributed by atoms with Crippen molar-refractivity contribution in [3.8, 4) is 22.9 Å². The quantitative estimate of drug-likeness (QED) is 0.351. The Labute approximate surface area is 205 Å². The molecule has 9 heteroatoms. The number of aromatic amines is 1. The number of rotatable bonds is 5. The topological polar surface area (TPSA) is 142 Å². The van der Waals surface area contributed by atoms with Crippen LogP contribution in [0.4, 0.5) is 11.8 Å². The summed E-state index contributed by atoms with van der Waals surface area (Å²) in [5.74, 6) is 0.319. The summed E-state index contributed by atoms with van der Waals surface area (Å²) >= 11 is 0. The number of nitrogens with zero attached hydrogens (tertiary/aromatic N) is 4. The van der Waals surface area contributed by atoms with Crippen LogP contribution in [-0.2, 0) is 0 Å². The van der Waals surface area contributed by atoms with E-state index in [1.54, 1.807) is 16.8 Å². The van der Waals surface area contributed by atoms with Crippen LogP contribution >= 0.6 is 0 Å². The Kier molecular flexibility index (Phi) is 5.76. The minimum absolute atomic E-state index is 0.0354. The lowest BCUT2D eigenvalue weighted by Crippen LogP contribution is -2.26. The van der Waals surface area contributed by atoms with Gasteiger partial charge in [0.2, 0.25) is 11.5 Å². The van der Waals surface area contributed by atoms with Gasteiger partial charge in [0.15, 0.2) is 0 Å². The van der Waals surface area contributed by atoms with Gasteiger partial charge in [-0.05, 0) is 47.7 Å². The van der Waals surface area contributed by atoms with Crippen LogP contribution in [-0.4, -0.2) is 19.5 Å². The molecular formula is C27H21N7O2. The molecule has 5 rings (SSSR count). The molecule has 0 amide bonds. The van der Waals surface area contributed by atoms with Crippen LogP contribution in [0, 0.1) is 11.3 Å². The summed E-state index contributed by atoms with van der Waals surface area (Å²) in [4.78, 5) is 36.4. The van der Waals surface area contributed by atoms with Crippen LogP contribution in [0.5, 0.6) is 0 Å². The second kappa shape index (κ2) is 9.19. The van der Waals surface area contributed by atoms with Gasteiger partial charge in [0.1, 0.15) is 17.5 Å². The Hall–Kier alpha value is -5.23. The van der Waals surface area contributed by atoms with Gasteiger partial charge in [0, 0.05) is 23.6 Å². The highest BCUT2D eigenvalue weighted by Crippen LogP contribution is 2.30. The second-order valence-corrected chi connectivity index (χ2v) is 8.23. The molecule has 0 saturated heterocycles. The van der Waals surface area contributed by atoms with Crippen molar-refractivity contribution in [3.63, 3.8) is 0 Å². The number of nitrogen functional groups attached to an aromatic ring is 1. The number of pyridine rings is 2. The number of anilines is 2. The lowest BCUT2D eigenvalue weighted by atomic mass is 9.99. The highest BCUT2D eigenvalue weighted by atomic mass is 16.1. The first kappa shape index (κ1) is 22.6. The molecule has 0 spiro atoms. The molecule has 4 N–H and O–H groups in total. The normalized spacial score (nSPS) is 11.7. The average Bonchev–Trinajstić information content (AvgIpc) is 2.89. The van der Waals surface area contributed by atoms with Gasteiger partial charge in [0.05, 0.1) is 17.6 Å². The molecule has 2 aromatic carbocycles. The van der Waals surface area contributed by atoms with E-state index in [9.17, 15) is 14.9 Å². The Morgan fingerprint density at radius 1 is 1.08 bits per heavy atom. The van der Waals surface area contributed by atoms with E-state index in [0.29, 0.717) is 22.3 Å². The van der Waals surface area contributed by atoms with Crippen molar-refractivity contribution in [1.82, 2.24) is 19.5 Å². The van der Waals surface area contributed by atoms with Crippen molar-refractivity contribution in [1.29, 1.82) is 5.26 Å². The minimum atomic E-state index is -0.430. The summed E-state index contributed by atoms with van der Waals surface area (Å²) in [5, 5.41) is 14.0. The van der Waals surface area contributed by atoms with Crippen LogP contribution in [0.15, 0.2) is 88.7 Å². The zero-order valence-electron chi connectivity index (χ0n) is 19.3. The molecule has 0 fully saturated rings. The third-order valence-corrected chi connectivity index (χ3v) is 5.91. The Morgan fingerprint density at radius 2 is 1.89 bits per heavy atom. The first-order valence-corrected chi connectivity index (χ1v) is 11.2. The molecule has 0 aliphatic heterocycles. The van der Waals surface area contributed by atoms with Gasteiger partial charge in [-0.25, -0.2) is 4.98 Å². The van der Waals surface area contributed by atoms with E-state index in [1.807, 2.05) is 61.5 Å². The number of hydrogen-bond donors (Lipinski definition) is 3. The Bertz CT molecular complexity index is 1730. The van der Waals surface area contributed by atoms with Crippen molar-refractivity contribution in [3.05, 3.63) is 111 Å². The molecule has 3 aromatic heterocycles. The van der Waals surface area contributed by atoms with Gasteiger partial charge in [-0.1, -0.05) is 36.4 Å². The molecule has 0 bridgehead atoms. The fourth-order valence-corrected chi connectivity index (χ4v) is 4.23. The molecule has 0 aliphatic rings. The highest BCUT2D eigenvalue weighted by molar-refractivity contribution is 5.96. The van der Waals surface area contributed by atoms with E-state index in [-0.39, 0.29) is 28.4 Å². The molecule has 0 saturated carbocycles. The molecule has 0 aliphatic carbocycles. The van der Waals surface area contributed by atoms with Crippen LogP contribution in [0.3, 0.4) is 0 Å². The summed E-state index contributed by atoms with van der Waals surface area (Å²) in [5.41, 5.74) is 8.35. The smallest absolute Gasteiger partial charge is 0.263 e. The molecule has 0 radical (unpaired) electrons. The minimum Gasteiger partial charge on any atom is -0.368 e. The van der Waals surface area contributed by atoms with Crippen molar-refractivity contribution in [2.45, 2.75) is 13.0 Å². The van der Waals surface area contributed by atoms with E-state index in [2.05, 4.69) is 26.3 Å². The van der Waals surface area contributed by atoms with Crippen LogP contribution in [0.2, 0.25) is 0 Å². The predicted molar refractivity (Wildman–Crippen MR) is 139 cm³/mol. The van der Waals surface area contributed by atoms with Crippen LogP contribution < -0.4 is 22.2 Å². The van der Waals surface area contributed by atoms with E-state index < -0.39 is 6.04 Å². The van der Waals surface area contributed by atoms with E-state index in [0.717, 1.165) is 10.9 Å². The number of nitrogens with one attached hydrogen (secondary N) is 2. The molecule has 3 heterocycles. The number of para-hydroxylation sites is 1. The number of fused-ring (bicyclic) bond motifs is 1. The SMILES string of the molecule is C[C@H](Nc1nc(N)ncc1C#N)c1cc2cccc(-c3ccc(=O)[nH]c3)c2c(=O)n1-c1ccccc1. The van der Waals surface area contributed by atoms with Gasteiger partial charge >= 0.3 is 0 Å². The second-order valence-electron chi connectivity index (χ2n) is 8.23. The molecular weight excluding hydrogens is 454 g/mol. The molecule has 36 heavy (non-hydrogen) atoms. The number of aromatic nitrogens is 4. The fraction of sp³-hybridized carbons (Fsp3) is 0.0741. The summed E-state index contributed by atoms with van der Waals surface area (Å²) in [7, 11) is 0. The number of nitriles is 1. The Balaban J connectivity index is 1.75. The number of hydrogen-bond acceptors (Lipinski definition) is 7. The van der Waals surface area contributed by atoms with Gasteiger partial charge in [-0.2, -0.15) is 10.2 Å². The zero-order valence-corrected chi connectivity index (χ0v) is 19.3. The third kappa shape index (κ3) is 4.08.